The van der Waals surface area contributed by atoms with E-state index in [2.05, 4.69) is 13.8 Å². The summed E-state index contributed by atoms with van der Waals surface area (Å²) in [6.45, 7) is 5.64. The largest absolute Gasteiger partial charge is 0.345 e. The van der Waals surface area contributed by atoms with Gasteiger partial charge in [-0.15, -0.1) is 0 Å². The van der Waals surface area contributed by atoms with Crippen LogP contribution in [-0.4, -0.2) is 12.2 Å². The Balaban J connectivity index is 2.23. The van der Waals surface area contributed by atoms with E-state index in [0.29, 0.717) is 12.2 Å². The van der Waals surface area contributed by atoms with Gasteiger partial charge in [0.15, 0.2) is 0 Å². The fourth-order valence-electron chi connectivity index (χ4n) is 0.950. The topological polar surface area (TPSA) is 18.5 Å². The lowest BCUT2D eigenvalue weighted by atomic mass is 10.1. The molecule has 53 valence electrons. The van der Waals surface area contributed by atoms with E-state index < -0.39 is 0 Å². The Morgan fingerprint density at radius 3 is 2.78 bits per heavy atom. The van der Waals surface area contributed by atoms with Crippen molar-refractivity contribution in [2.45, 2.75) is 38.9 Å². The lowest BCUT2D eigenvalue weighted by molar-refractivity contribution is -0.111. The van der Waals surface area contributed by atoms with Gasteiger partial charge in [0, 0.05) is 0 Å². The van der Waals surface area contributed by atoms with Gasteiger partial charge >= 0.3 is 0 Å². The molecule has 2 unspecified atom stereocenters. The van der Waals surface area contributed by atoms with E-state index in [1.807, 2.05) is 0 Å². The number of hydrogen-bond acceptors (Lipinski definition) is 2. The third-order valence-corrected chi connectivity index (χ3v) is 1.59. The lowest BCUT2D eigenvalue weighted by Gasteiger charge is -2.25. The molecule has 0 spiro atoms. The van der Waals surface area contributed by atoms with Crippen LogP contribution in [0.25, 0.3) is 0 Å². The van der Waals surface area contributed by atoms with Crippen molar-refractivity contribution in [1.29, 1.82) is 0 Å². The summed E-state index contributed by atoms with van der Waals surface area (Å²) in [5.74, 6) is 0. The standard InChI is InChI=1S/C7H13O2/c1-3-7-4-6(2)8-5-9-7/h5-7H,3-4H2,1-2H3. The van der Waals surface area contributed by atoms with Crippen LogP contribution in [-0.2, 0) is 9.47 Å². The van der Waals surface area contributed by atoms with Gasteiger partial charge in [-0.25, -0.2) is 0 Å². The molecule has 0 aliphatic carbocycles. The molecule has 0 bridgehead atoms. The molecule has 1 heterocycles. The molecule has 0 aromatic carbocycles. The second kappa shape index (κ2) is 3.18. The van der Waals surface area contributed by atoms with Gasteiger partial charge in [-0.1, -0.05) is 6.92 Å². The van der Waals surface area contributed by atoms with Crippen molar-refractivity contribution in [2.75, 3.05) is 0 Å². The maximum atomic E-state index is 5.15. The molecule has 1 radical (unpaired) electrons. The third-order valence-electron chi connectivity index (χ3n) is 1.59. The quantitative estimate of drug-likeness (QED) is 0.536. The van der Waals surface area contributed by atoms with Gasteiger partial charge in [0.25, 0.3) is 0 Å². The summed E-state index contributed by atoms with van der Waals surface area (Å²) < 4.78 is 10.2. The third kappa shape index (κ3) is 1.95. The Morgan fingerprint density at radius 2 is 2.33 bits per heavy atom. The maximum Gasteiger partial charge on any atom is 0.209 e. The van der Waals surface area contributed by atoms with E-state index in [-0.39, 0.29) is 0 Å². The summed E-state index contributed by atoms with van der Waals surface area (Å²) in [6, 6.07) is 0. The molecule has 2 heteroatoms. The summed E-state index contributed by atoms with van der Waals surface area (Å²) in [4.78, 5) is 0. The number of ether oxygens (including phenoxy) is 2. The molecule has 2 atom stereocenters. The van der Waals surface area contributed by atoms with Gasteiger partial charge < -0.3 is 9.47 Å². The highest BCUT2D eigenvalue weighted by atomic mass is 16.7. The van der Waals surface area contributed by atoms with E-state index >= 15 is 0 Å². The lowest BCUT2D eigenvalue weighted by Crippen LogP contribution is -2.25. The summed E-state index contributed by atoms with van der Waals surface area (Å²) in [5, 5.41) is 0. The molecule has 0 aromatic heterocycles. The molecular weight excluding hydrogens is 116 g/mol. The second-order valence-corrected chi connectivity index (χ2v) is 2.44. The van der Waals surface area contributed by atoms with Gasteiger partial charge in [0.05, 0.1) is 12.2 Å². The summed E-state index contributed by atoms with van der Waals surface area (Å²) >= 11 is 0. The number of hydrogen-bond donors (Lipinski definition) is 0. The second-order valence-electron chi connectivity index (χ2n) is 2.44. The van der Waals surface area contributed by atoms with Crippen molar-refractivity contribution in [1.82, 2.24) is 0 Å². The monoisotopic (exact) mass is 129 g/mol. The van der Waals surface area contributed by atoms with E-state index in [1.54, 1.807) is 0 Å². The predicted molar refractivity (Wildman–Crippen MR) is 34.6 cm³/mol. The molecule has 1 rings (SSSR count). The summed E-state index contributed by atoms with van der Waals surface area (Å²) in [6.07, 6.45) is 2.81. The van der Waals surface area contributed by atoms with Gasteiger partial charge in [-0.05, 0) is 19.8 Å². The summed E-state index contributed by atoms with van der Waals surface area (Å²) in [7, 11) is 0. The first-order valence-electron chi connectivity index (χ1n) is 3.45. The van der Waals surface area contributed by atoms with Crippen LogP contribution < -0.4 is 0 Å². The van der Waals surface area contributed by atoms with E-state index in [9.17, 15) is 0 Å². The Morgan fingerprint density at radius 1 is 1.56 bits per heavy atom. The smallest absolute Gasteiger partial charge is 0.209 e. The SMILES string of the molecule is CCC1CC(C)O[CH]O1. The average Bonchev–Trinajstić information content (AvgIpc) is 1.88. The van der Waals surface area contributed by atoms with Crippen LogP contribution in [0.1, 0.15) is 26.7 Å². The van der Waals surface area contributed by atoms with Crippen molar-refractivity contribution >= 4 is 0 Å². The molecule has 9 heavy (non-hydrogen) atoms. The molecule has 0 saturated carbocycles. The van der Waals surface area contributed by atoms with Crippen LogP contribution in [0, 0.1) is 6.79 Å². The Hall–Kier alpha value is -0.0800. The van der Waals surface area contributed by atoms with Crippen LogP contribution in [0.15, 0.2) is 0 Å². The van der Waals surface area contributed by atoms with Crippen LogP contribution in [0.2, 0.25) is 0 Å². The molecule has 0 amide bonds. The molecule has 1 saturated heterocycles. The molecule has 0 aromatic rings. The predicted octanol–water partition coefficient (Wildman–Crippen LogP) is 1.71. The van der Waals surface area contributed by atoms with Gasteiger partial charge in [-0.2, -0.15) is 0 Å². The minimum absolute atomic E-state index is 0.337. The first kappa shape index (κ1) is 7.03. The molecular formula is C7H13O2. The van der Waals surface area contributed by atoms with E-state index in [1.165, 1.54) is 6.79 Å². The first-order valence-corrected chi connectivity index (χ1v) is 3.45. The fraction of sp³-hybridized carbons (Fsp3) is 0.857. The zero-order valence-corrected chi connectivity index (χ0v) is 5.96. The molecule has 1 aliphatic heterocycles. The average molecular weight is 129 g/mol. The molecule has 2 nitrogen and oxygen atoms in total. The van der Waals surface area contributed by atoms with E-state index in [4.69, 9.17) is 9.47 Å². The van der Waals surface area contributed by atoms with Crippen molar-refractivity contribution in [2.24, 2.45) is 0 Å². The molecule has 1 fully saturated rings. The van der Waals surface area contributed by atoms with E-state index in [0.717, 1.165) is 12.8 Å². The summed E-state index contributed by atoms with van der Waals surface area (Å²) in [5.41, 5.74) is 0. The highest BCUT2D eigenvalue weighted by molar-refractivity contribution is 4.66. The van der Waals surface area contributed by atoms with Crippen LogP contribution in [0.3, 0.4) is 0 Å². The zero-order valence-electron chi connectivity index (χ0n) is 5.96. The normalized spacial score (nSPS) is 36.7. The zero-order chi connectivity index (χ0) is 6.69. The first-order chi connectivity index (χ1) is 4.33. The van der Waals surface area contributed by atoms with Gasteiger partial charge in [-0.3, -0.25) is 0 Å². The highest BCUT2D eigenvalue weighted by Gasteiger charge is 2.17. The highest BCUT2D eigenvalue weighted by Crippen LogP contribution is 2.16. The van der Waals surface area contributed by atoms with Crippen molar-refractivity contribution in [3.63, 3.8) is 0 Å². The van der Waals surface area contributed by atoms with Gasteiger partial charge in [0.2, 0.25) is 6.79 Å². The Bertz CT molecular complexity index is 83.0. The van der Waals surface area contributed by atoms with Crippen LogP contribution in [0.5, 0.6) is 0 Å². The number of rotatable bonds is 1. The van der Waals surface area contributed by atoms with Crippen LogP contribution in [0.4, 0.5) is 0 Å². The maximum absolute atomic E-state index is 5.15. The molecule has 0 N–H and O–H groups in total. The Labute approximate surface area is 56.2 Å². The minimum atomic E-state index is 0.337. The van der Waals surface area contributed by atoms with Crippen LogP contribution >= 0.6 is 0 Å². The Kier molecular flexibility index (Phi) is 2.49. The van der Waals surface area contributed by atoms with Crippen molar-refractivity contribution in [3.8, 4) is 0 Å². The fourth-order valence-corrected chi connectivity index (χ4v) is 0.950. The minimum Gasteiger partial charge on any atom is -0.345 e. The van der Waals surface area contributed by atoms with Gasteiger partial charge in [0.1, 0.15) is 0 Å². The van der Waals surface area contributed by atoms with Crippen molar-refractivity contribution < 1.29 is 9.47 Å². The molecule has 1 aliphatic rings. The van der Waals surface area contributed by atoms with Crippen molar-refractivity contribution in [3.05, 3.63) is 6.79 Å².